The first kappa shape index (κ1) is 51.4. The average molecular weight is 938 g/mol. The summed E-state index contributed by atoms with van der Waals surface area (Å²) in [4.78, 5) is 64.5. The molecular weight excluding hydrogens is 885 g/mol. The lowest BCUT2D eigenvalue weighted by Gasteiger charge is -2.12. The van der Waals surface area contributed by atoms with Crippen LogP contribution in [-0.2, 0) is 23.7 Å². The molecule has 0 fully saturated rings. The summed E-state index contributed by atoms with van der Waals surface area (Å²) in [6.07, 6.45) is 12.4. The number of rotatable bonds is 8. The number of aryl methyl sites for hydroxylation is 2. The number of aromatic nitrogens is 6. The zero-order chi connectivity index (χ0) is 43.2. The summed E-state index contributed by atoms with van der Waals surface area (Å²) in [7, 11) is 3.39. The van der Waals surface area contributed by atoms with E-state index in [2.05, 4.69) is 63.1 Å². The Labute approximate surface area is 387 Å². The highest BCUT2D eigenvalue weighted by Gasteiger charge is 2.11. The second kappa shape index (κ2) is 22.4. The minimum atomic E-state index is -0.185. The number of carbonyl (C=O) groups is 2. The SMILES string of the molecule is C.C.C.C.C#Cc1ccc2nc(Nc3cc(NC(C)=O)cc(-c4ccc(=O)n(C)c4)c3)ncc2c1.CC(=O)Nc1cc(Nc2ncc3cc(Br)ccc3n2)cc(-c2ccc(=O)n(C)c2)c1. The van der Waals surface area contributed by atoms with Gasteiger partial charge in [0.2, 0.25) is 34.8 Å². The van der Waals surface area contributed by atoms with Crippen molar-refractivity contribution in [3.63, 3.8) is 0 Å². The van der Waals surface area contributed by atoms with Crippen molar-refractivity contribution >= 4 is 84.2 Å². The van der Waals surface area contributed by atoms with Gasteiger partial charge in [0.1, 0.15) is 0 Å². The third kappa shape index (κ3) is 13.0. The highest BCUT2D eigenvalue weighted by atomic mass is 79.9. The molecule has 8 aromatic rings. The third-order valence-electron chi connectivity index (χ3n) is 9.15. The summed E-state index contributed by atoms with van der Waals surface area (Å²) in [6, 6.07) is 29.0. The molecule has 0 unspecified atom stereocenters. The Bertz CT molecular complexity index is 3180. The van der Waals surface area contributed by atoms with Crippen LogP contribution < -0.4 is 32.4 Å². The molecule has 0 bridgehead atoms. The van der Waals surface area contributed by atoms with Gasteiger partial charge in [-0.3, -0.25) is 19.2 Å². The maximum absolute atomic E-state index is 11.7. The van der Waals surface area contributed by atoms with Gasteiger partial charge in [0.25, 0.3) is 0 Å². The molecule has 2 amide bonds. The Morgan fingerprint density at radius 3 is 1.43 bits per heavy atom. The van der Waals surface area contributed by atoms with Crippen molar-refractivity contribution in [2.75, 3.05) is 21.3 Å². The summed E-state index contributed by atoms with van der Waals surface area (Å²) < 4.78 is 3.98. The molecule has 0 saturated carbocycles. The van der Waals surface area contributed by atoms with Gasteiger partial charge in [-0.2, -0.15) is 0 Å². The molecule has 15 heteroatoms. The van der Waals surface area contributed by atoms with Crippen LogP contribution in [0.4, 0.5) is 34.6 Å². The standard InChI is InChI=1S/C24H19N5O2.C22H18BrN5O2.4CH4/c1-4-16-5-7-22-19(9-16)13-25-24(28-22)27-21-11-18(10-20(12-21)26-15(2)30)17-6-8-23(31)29(3)14-17;1-13(29)25-18-8-15(14-3-6-21(30)28(2)12-14)9-19(10-18)26-22-24-11-16-7-17(23)4-5-20(16)27-22;;;;/h1,5-14H,2-3H3,(H,26,30)(H,25,27,28);3-12H,1-2H3,(H,25,29)(H,24,26,27);4*1H4. The molecule has 8 rings (SSSR count). The second-order valence-corrected chi connectivity index (χ2v) is 14.9. The zero-order valence-corrected chi connectivity index (χ0v) is 34.9. The molecule has 0 spiro atoms. The molecule has 0 aliphatic carbocycles. The fraction of sp³-hybridized carbons (Fsp3) is 0.160. The minimum Gasteiger partial charge on any atom is -0.326 e. The van der Waals surface area contributed by atoms with E-state index in [4.69, 9.17) is 6.42 Å². The Balaban J connectivity index is 0.000000325. The van der Waals surface area contributed by atoms with Crippen molar-refractivity contribution in [2.24, 2.45) is 14.1 Å². The number of halogens is 1. The van der Waals surface area contributed by atoms with E-state index in [9.17, 15) is 19.2 Å². The fourth-order valence-electron chi connectivity index (χ4n) is 6.32. The first-order valence-corrected chi connectivity index (χ1v) is 19.5. The number of anilines is 6. The van der Waals surface area contributed by atoms with Gasteiger partial charge in [-0.1, -0.05) is 51.6 Å². The number of nitrogens with zero attached hydrogens (tertiary/aromatic N) is 6. The summed E-state index contributed by atoms with van der Waals surface area (Å²) >= 11 is 3.44. The fourth-order valence-corrected chi connectivity index (χ4v) is 6.70. The topological polar surface area (TPSA) is 178 Å². The number of hydrogen-bond donors (Lipinski definition) is 4. The van der Waals surface area contributed by atoms with Gasteiger partial charge >= 0.3 is 0 Å². The highest BCUT2D eigenvalue weighted by Crippen LogP contribution is 2.30. The van der Waals surface area contributed by atoms with Crippen LogP contribution in [0.2, 0.25) is 0 Å². The molecule has 4 aromatic heterocycles. The van der Waals surface area contributed by atoms with Crippen molar-refractivity contribution in [1.82, 2.24) is 29.1 Å². The number of pyridine rings is 2. The number of terminal acetylenes is 1. The lowest BCUT2D eigenvalue weighted by Crippen LogP contribution is -2.14. The number of benzene rings is 4. The first-order chi connectivity index (χ1) is 29.3. The summed E-state index contributed by atoms with van der Waals surface area (Å²) in [5.41, 5.74) is 8.12. The van der Waals surface area contributed by atoms with E-state index in [1.807, 2.05) is 66.7 Å². The van der Waals surface area contributed by atoms with E-state index in [1.54, 1.807) is 57.1 Å². The predicted molar refractivity (Wildman–Crippen MR) is 271 cm³/mol. The highest BCUT2D eigenvalue weighted by molar-refractivity contribution is 9.10. The van der Waals surface area contributed by atoms with Gasteiger partial charge in [0.05, 0.1) is 11.0 Å². The molecule has 14 nitrogen and oxygen atoms in total. The summed E-state index contributed by atoms with van der Waals surface area (Å²) in [5.74, 6) is 3.09. The largest absolute Gasteiger partial charge is 0.326 e. The summed E-state index contributed by atoms with van der Waals surface area (Å²) in [6.45, 7) is 2.90. The second-order valence-electron chi connectivity index (χ2n) is 14.0. The molecule has 0 saturated heterocycles. The van der Waals surface area contributed by atoms with Crippen LogP contribution in [0.15, 0.2) is 136 Å². The van der Waals surface area contributed by atoms with Gasteiger partial charge in [-0.15, -0.1) is 6.42 Å². The van der Waals surface area contributed by atoms with Crippen LogP contribution in [0.25, 0.3) is 44.1 Å². The van der Waals surface area contributed by atoms with Gasteiger partial charge in [0.15, 0.2) is 0 Å². The maximum Gasteiger partial charge on any atom is 0.250 e. The van der Waals surface area contributed by atoms with E-state index in [1.165, 1.54) is 35.1 Å². The Morgan fingerprint density at radius 2 is 1.00 bits per heavy atom. The van der Waals surface area contributed by atoms with Crippen LogP contribution in [0.1, 0.15) is 49.1 Å². The van der Waals surface area contributed by atoms with E-state index in [-0.39, 0.29) is 52.6 Å². The lowest BCUT2D eigenvalue weighted by atomic mass is 10.1. The lowest BCUT2D eigenvalue weighted by molar-refractivity contribution is -0.115. The molecule has 4 heterocycles. The van der Waals surface area contributed by atoms with Crippen molar-refractivity contribution in [2.45, 2.75) is 43.6 Å². The quantitative estimate of drug-likeness (QED) is 0.107. The molecule has 65 heavy (non-hydrogen) atoms. The third-order valence-corrected chi connectivity index (χ3v) is 9.64. The van der Waals surface area contributed by atoms with Gasteiger partial charge in [-0.25, -0.2) is 19.9 Å². The van der Waals surface area contributed by atoms with Crippen molar-refractivity contribution in [1.29, 1.82) is 0 Å². The average Bonchev–Trinajstić information content (AvgIpc) is 3.22. The summed E-state index contributed by atoms with van der Waals surface area (Å²) in [5, 5.41) is 13.8. The Morgan fingerprint density at radius 1 is 0.569 bits per heavy atom. The monoisotopic (exact) mass is 936 g/mol. The van der Waals surface area contributed by atoms with Gasteiger partial charge in [0, 0.05) is 108 Å². The van der Waals surface area contributed by atoms with Gasteiger partial charge < -0.3 is 30.4 Å². The molecule has 4 aromatic carbocycles. The molecule has 334 valence electrons. The van der Waals surface area contributed by atoms with E-state index < -0.39 is 0 Å². The van der Waals surface area contributed by atoms with Crippen molar-refractivity contribution in [3.05, 3.63) is 153 Å². The van der Waals surface area contributed by atoms with Crippen LogP contribution >= 0.6 is 15.9 Å². The van der Waals surface area contributed by atoms with Crippen LogP contribution in [0.3, 0.4) is 0 Å². The maximum atomic E-state index is 11.7. The smallest absolute Gasteiger partial charge is 0.250 e. The number of fused-ring (bicyclic) bond motifs is 2. The number of carbonyl (C=O) groups excluding carboxylic acids is 2. The Hall–Kier alpha value is -7.96. The van der Waals surface area contributed by atoms with Gasteiger partial charge in [-0.05, 0) is 107 Å². The predicted octanol–water partition coefficient (Wildman–Crippen LogP) is 10.7. The van der Waals surface area contributed by atoms with Crippen LogP contribution in [-0.4, -0.2) is 40.9 Å². The van der Waals surface area contributed by atoms with Crippen LogP contribution in [0.5, 0.6) is 0 Å². The molecule has 0 radical (unpaired) electrons. The van der Waals surface area contributed by atoms with Crippen LogP contribution in [0, 0.1) is 12.3 Å². The Kier molecular flexibility index (Phi) is 17.7. The molecule has 4 N–H and O–H groups in total. The van der Waals surface area contributed by atoms with E-state index in [0.29, 0.717) is 34.6 Å². The normalized spacial score (nSPS) is 9.97. The molecule has 0 atom stereocenters. The number of hydrogen-bond acceptors (Lipinski definition) is 10. The van der Waals surface area contributed by atoms with Crippen molar-refractivity contribution in [3.8, 4) is 34.6 Å². The molecule has 0 aliphatic heterocycles. The molecular formula is C50H53BrN10O4. The molecule has 0 aliphatic rings. The zero-order valence-electron chi connectivity index (χ0n) is 33.3. The van der Waals surface area contributed by atoms with E-state index >= 15 is 0 Å². The number of amides is 2. The van der Waals surface area contributed by atoms with Crippen molar-refractivity contribution < 1.29 is 9.59 Å². The van der Waals surface area contributed by atoms with E-state index in [0.717, 1.165) is 54.1 Å². The number of nitrogens with one attached hydrogen (secondary N) is 4. The minimum absolute atomic E-state index is 0. The first-order valence-electron chi connectivity index (χ1n) is 18.7.